The van der Waals surface area contributed by atoms with Crippen LogP contribution in [-0.4, -0.2) is 11.9 Å². The zero-order valence-electron chi connectivity index (χ0n) is 11.5. The van der Waals surface area contributed by atoms with Gasteiger partial charge in [-0.15, -0.1) is 0 Å². The molecule has 3 heteroatoms. The number of fused-ring (bicyclic) bond motifs is 3. The summed E-state index contributed by atoms with van der Waals surface area (Å²) in [4.78, 5) is 11.8. The summed E-state index contributed by atoms with van der Waals surface area (Å²) in [5.74, 6) is -0.122. The first-order chi connectivity index (χ1) is 9.69. The summed E-state index contributed by atoms with van der Waals surface area (Å²) >= 11 is 0. The molecule has 1 aliphatic carbocycles. The largest absolute Gasteiger partial charge is 0.325 e. The molecule has 20 heavy (non-hydrogen) atoms. The van der Waals surface area contributed by atoms with Gasteiger partial charge in [0.2, 0.25) is 5.91 Å². The SMILES string of the molecule is CCC(N)C(=O)Nc1ccc2c(c1)Cc1ccccc1-2. The molecule has 3 N–H and O–H groups in total. The molecule has 0 aromatic heterocycles. The van der Waals surface area contributed by atoms with Crippen LogP contribution < -0.4 is 11.1 Å². The lowest BCUT2D eigenvalue weighted by Gasteiger charge is -2.11. The van der Waals surface area contributed by atoms with E-state index in [2.05, 4.69) is 41.7 Å². The van der Waals surface area contributed by atoms with Gasteiger partial charge < -0.3 is 11.1 Å². The van der Waals surface area contributed by atoms with Crippen molar-refractivity contribution in [2.75, 3.05) is 5.32 Å². The summed E-state index contributed by atoms with van der Waals surface area (Å²) < 4.78 is 0. The molecule has 0 saturated carbocycles. The Balaban J connectivity index is 1.86. The van der Waals surface area contributed by atoms with E-state index in [9.17, 15) is 4.79 Å². The van der Waals surface area contributed by atoms with Crippen molar-refractivity contribution in [3.8, 4) is 11.1 Å². The maximum Gasteiger partial charge on any atom is 0.241 e. The molecule has 0 spiro atoms. The van der Waals surface area contributed by atoms with Crippen molar-refractivity contribution in [2.45, 2.75) is 25.8 Å². The van der Waals surface area contributed by atoms with Crippen molar-refractivity contribution in [1.82, 2.24) is 0 Å². The minimum absolute atomic E-state index is 0.122. The normalized spacial score (nSPS) is 13.5. The van der Waals surface area contributed by atoms with Crippen LogP contribution in [0.3, 0.4) is 0 Å². The lowest BCUT2D eigenvalue weighted by Crippen LogP contribution is -2.34. The second kappa shape index (κ2) is 5.10. The molecule has 3 rings (SSSR count). The molecule has 1 unspecified atom stereocenters. The van der Waals surface area contributed by atoms with Gasteiger partial charge in [0.25, 0.3) is 0 Å². The van der Waals surface area contributed by atoms with Crippen LogP contribution in [0.1, 0.15) is 24.5 Å². The van der Waals surface area contributed by atoms with Crippen LogP contribution in [0.2, 0.25) is 0 Å². The molecular formula is C17H18N2O. The number of hydrogen-bond acceptors (Lipinski definition) is 2. The van der Waals surface area contributed by atoms with Crippen LogP contribution in [0.15, 0.2) is 42.5 Å². The van der Waals surface area contributed by atoms with Crippen molar-refractivity contribution in [1.29, 1.82) is 0 Å². The molecule has 0 saturated heterocycles. The number of anilines is 1. The fraction of sp³-hybridized carbons (Fsp3) is 0.235. The Morgan fingerprint density at radius 2 is 1.95 bits per heavy atom. The van der Waals surface area contributed by atoms with E-state index < -0.39 is 6.04 Å². The first-order valence-corrected chi connectivity index (χ1v) is 6.96. The fourth-order valence-electron chi connectivity index (χ4n) is 2.64. The predicted octanol–water partition coefficient (Wildman–Crippen LogP) is 2.93. The molecule has 1 atom stereocenters. The van der Waals surface area contributed by atoms with Gasteiger partial charge in [-0.3, -0.25) is 4.79 Å². The Bertz CT molecular complexity index is 664. The standard InChI is InChI=1S/C17H18N2O/c1-2-16(18)17(20)19-13-7-8-15-12(10-13)9-11-5-3-4-6-14(11)15/h3-8,10,16H,2,9,18H2,1H3,(H,19,20). The molecule has 1 aliphatic rings. The third-order valence-electron chi connectivity index (χ3n) is 3.84. The summed E-state index contributed by atoms with van der Waals surface area (Å²) in [6.45, 7) is 1.91. The van der Waals surface area contributed by atoms with Gasteiger partial charge in [-0.25, -0.2) is 0 Å². The van der Waals surface area contributed by atoms with E-state index in [1.54, 1.807) is 0 Å². The van der Waals surface area contributed by atoms with E-state index in [0.29, 0.717) is 6.42 Å². The molecule has 2 aromatic carbocycles. The Morgan fingerprint density at radius 3 is 2.75 bits per heavy atom. The Morgan fingerprint density at radius 1 is 1.20 bits per heavy atom. The zero-order chi connectivity index (χ0) is 14.1. The molecule has 0 radical (unpaired) electrons. The van der Waals surface area contributed by atoms with Gasteiger partial charge in [0.15, 0.2) is 0 Å². The van der Waals surface area contributed by atoms with E-state index in [1.165, 1.54) is 22.3 Å². The van der Waals surface area contributed by atoms with Gasteiger partial charge in [0.1, 0.15) is 0 Å². The van der Waals surface area contributed by atoms with Gasteiger partial charge in [-0.05, 0) is 47.2 Å². The van der Waals surface area contributed by atoms with Crippen LogP contribution in [0.5, 0.6) is 0 Å². The molecule has 2 aromatic rings. The number of carbonyl (C=O) groups excluding carboxylic acids is 1. The van der Waals surface area contributed by atoms with Crippen LogP contribution in [0.4, 0.5) is 5.69 Å². The lowest BCUT2D eigenvalue weighted by molar-refractivity contribution is -0.117. The quantitative estimate of drug-likeness (QED) is 0.765. The van der Waals surface area contributed by atoms with Crippen molar-refractivity contribution in [3.63, 3.8) is 0 Å². The Kier molecular flexibility index (Phi) is 3.28. The summed E-state index contributed by atoms with van der Waals surface area (Å²) in [6, 6.07) is 14.1. The second-order valence-electron chi connectivity index (χ2n) is 5.21. The summed E-state index contributed by atoms with van der Waals surface area (Å²) in [7, 11) is 0. The third kappa shape index (κ3) is 2.21. The first-order valence-electron chi connectivity index (χ1n) is 6.96. The maximum absolute atomic E-state index is 11.8. The summed E-state index contributed by atoms with van der Waals surface area (Å²) in [5.41, 5.74) is 11.7. The lowest BCUT2D eigenvalue weighted by atomic mass is 10.1. The highest BCUT2D eigenvalue weighted by atomic mass is 16.2. The predicted molar refractivity (Wildman–Crippen MR) is 81.6 cm³/mol. The minimum atomic E-state index is -0.444. The first kappa shape index (κ1) is 12.9. The van der Waals surface area contributed by atoms with Crippen molar-refractivity contribution in [2.24, 2.45) is 5.73 Å². The molecule has 0 fully saturated rings. The molecular weight excluding hydrogens is 248 g/mol. The highest BCUT2D eigenvalue weighted by molar-refractivity contribution is 5.95. The Labute approximate surface area is 118 Å². The van der Waals surface area contributed by atoms with Gasteiger partial charge in [0.05, 0.1) is 6.04 Å². The van der Waals surface area contributed by atoms with E-state index in [-0.39, 0.29) is 5.91 Å². The number of amides is 1. The van der Waals surface area contributed by atoms with Crippen molar-refractivity contribution in [3.05, 3.63) is 53.6 Å². The van der Waals surface area contributed by atoms with E-state index >= 15 is 0 Å². The van der Waals surface area contributed by atoms with Gasteiger partial charge in [-0.2, -0.15) is 0 Å². The molecule has 3 nitrogen and oxygen atoms in total. The topological polar surface area (TPSA) is 55.1 Å². The number of rotatable bonds is 3. The number of nitrogens with one attached hydrogen (secondary N) is 1. The van der Waals surface area contributed by atoms with Crippen molar-refractivity contribution >= 4 is 11.6 Å². The van der Waals surface area contributed by atoms with Crippen molar-refractivity contribution < 1.29 is 4.79 Å². The smallest absolute Gasteiger partial charge is 0.241 e. The molecule has 1 amide bonds. The van der Waals surface area contributed by atoms with E-state index in [0.717, 1.165) is 12.1 Å². The highest BCUT2D eigenvalue weighted by Gasteiger charge is 2.18. The van der Waals surface area contributed by atoms with Crippen LogP contribution in [-0.2, 0) is 11.2 Å². The molecule has 102 valence electrons. The second-order valence-corrected chi connectivity index (χ2v) is 5.21. The minimum Gasteiger partial charge on any atom is -0.325 e. The fourth-order valence-corrected chi connectivity index (χ4v) is 2.64. The van der Waals surface area contributed by atoms with Crippen LogP contribution in [0.25, 0.3) is 11.1 Å². The van der Waals surface area contributed by atoms with E-state index in [4.69, 9.17) is 5.73 Å². The number of hydrogen-bond donors (Lipinski definition) is 2. The average Bonchev–Trinajstić information content (AvgIpc) is 2.83. The summed E-state index contributed by atoms with van der Waals surface area (Å²) in [6.07, 6.45) is 1.57. The van der Waals surface area contributed by atoms with E-state index in [1.807, 2.05) is 13.0 Å². The number of nitrogens with two attached hydrogens (primary N) is 1. The van der Waals surface area contributed by atoms with Gasteiger partial charge in [-0.1, -0.05) is 37.3 Å². The van der Waals surface area contributed by atoms with Gasteiger partial charge in [0, 0.05) is 5.69 Å². The molecule has 0 heterocycles. The molecule has 0 aliphatic heterocycles. The van der Waals surface area contributed by atoms with Gasteiger partial charge >= 0.3 is 0 Å². The summed E-state index contributed by atoms with van der Waals surface area (Å²) in [5, 5.41) is 2.89. The maximum atomic E-state index is 11.8. The van der Waals surface area contributed by atoms with Crippen LogP contribution in [0, 0.1) is 0 Å². The highest BCUT2D eigenvalue weighted by Crippen LogP contribution is 2.37. The average molecular weight is 266 g/mol. The Hall–Kier alpha value is -2.13. The third-order valence-corrected chi connectivity index (χ3v) is 3.84. The zero-order valence-corrected chi connectivity index (χ0v) is 11.5. The number of carbonyl (C=O) groups is 1. The molecule has 0 bridgehead atoms. The number of benzene rings is 2. The van der Waals surface area contributed by atoms with Crippen LogP contribution >= 0.6 is 0 Å². The monoisotopic (exact) mass is 266 g/mol.